The molecule has 20 heavy (non-hydrogen) atoms. The van der Waals surface area contributed by atoms with Crippen LogP contribution < -0.4 is 10.2 Å². The Hall–Kier alpha value is -1.62. The molecule has 0 aromatic heterocycles. The van der Waals surface area contributed by atoms with E-state index < -0.39 is 6.10 Å². The number of amides is 1. The first-order chi connectivity index (χ1) is 9.45. The van der Waals surface area contributed by atoms with E-state index in [-0.39, 0.29) is 17.8 Å². The first-order valence-corrected chi connectivity index (χ1v) is 6.92. The number of aryl methyl sites for hydroxylation is 1. The number of nitrogens with zero attached hydrogens (tertiary/aromatic N) is 1. The molecule has 0 aliphatic carbocycles. The molecule has 2 N–H and O–H groups in total. The summed E-state index contributed by atoms with van der Waals surface area (Å²) in [5.41, 5.74) is 1.81. The molecule has 4 nitrogen and oxygen atoms in total. The number of carbonyl (C=O) groups is 1. The Morgan fingerprint density at radius 3 is 2.85 bits per heavy atom. The van der Waals surface area contributed by atoms with Gasteiger partial charge in [-0.3, -0.25) is 4.79 Å². The number of hydrogen-bond donors (Lipinski definition) is 2. The van der Waals surface area contributed by atoms with Crippen molar-refractivity contribution < 1.29 is 14.3 Å². The maximum atomic E-state index is 13.7. The number of rotatable bonds is 3. The number of aliphatic hydroxyl groups is 1. The van der Waals surface area contributed by atoms with Crippen LogP contribution >= 0.6 is 0 Å². The second kappa shape index (κ2) is 5.79. The Balaban J connectivity index is 2.45. The second-order valence-corrected chi connectivity index (χ2v) is 5.30. The van der Waals surface area contributed by atoms with Crippen molar-refractivity contribution in [2.45, 2.75) is 38.8 Å². The summed E-state index contributed by atoms with van der Waals surface area (Å²) in [4.78, 5) is 13.9. The fraction of sp³-hybridized carbons (Fsp3) is 0.533. The predicted molar refractivity (Wildman–Crippen MR) is 76.2 cm³/mol. The highest BCUT2D eigenvalue weighted by Crippen LogP contribution is 2.34. The zero-order chi connectivity index (χ0) is 14.9. The predicted octanol–water partition coefficient (Wildman–Crippen LogP) is 1.90. The van der Waals surface area contributed by atoms with Gasteiger partial charge < -0.3 is 15.3 Å². The zero-order valence-corrected chi connectivity index (χ0v) is 12.1. The van der Waals surface area contributed by atoms with Crippen molar-refractivity contribution in [3.8, 4) is 0 Å². The summed E-state index contributed by atoms with van der Waals surface area (Å²) in [6.07, 6.45) is 0.911. The van der Waals surface area contributed by atoms with Crippen LogP contribution in [0.15, 0.2) is 12.1 Å². The van der Waals surface area contributed by atoms with Gasteiger partial charge in [0, 0.05) is 24.8 Å². The normalized spacial score (nSPS) is 20.1. The number of benzene rings is 1. The summed E-state index contributed by atoms with van der Waals surface area (Å²) in [5, 5.41) is 12.5. The molecule has 1 amide bonds. The quantitative estimate of drug-likeness (QED) is 0.889. The molecule has 1 aromatic carbocycles. The summed E-state index contributed by atoms with van der Waals surface area (Å²) in [5.74, 6) is -0.374. The number of likely N-dealkylation sites (N-methyl/N-ethyl adjacent to an activating group) is 1. The lowest BCUT2D eigenvalue weighted by Gasteiger charge is -2.29. The van der Waals surface area contributed by atoms with Gasteiger partial charge in [-0.2, -0.15) is 0 Å². The minimum Gasteiger partial charge on any atom is -0.389 e. The maximum Gasteiger partial charge on any atom is 0.242 e. The molecule has 1 aromatic rings. The molecule has 1 heterocycles. The van der Waals surface area contributed by atoms with E-state index >= 15 is 0 Å². The van der Waals surface area contributed by atoms with Crippen molar-refractivity contribution >= 4 is 11.6 Å². The van der Waals surface area contributed by atoms with Crippen LogP contribution in [0.1, 0.15) is 37.0 Å². The Kier molecular flexibility index (Phi) is 4.28. The number of anilines is 1. The van der Waals surface area contributed by atoms with Crippen molar-refractivity contribution in [3.05, 3.63) is 29.1 Å². The van der Waals surface area contributed by atoms with E-state index in [9.17, 15) is 14.3 Å². The molecule has 0 radical (unpaired) electrons. The third-order valence-corrected chi connectivity index (χ3v) is 3.87. The lowest BCUT2D eigenvalue weighted by Crippen LogP contribution is -2.42. The van der Waals surface area contributed by atoms with E-state index in [1.165, 1.54) is 6.07 Å². The first-order valence-electron chi connectivity index (χ1n) is 6.92. The van der Waals surface area contributed by atoms with E-state index in [0.29, 0.717) is 11.1 Å². The lowest BCUT2D eigenvalue weighted by atomic mass is 10.0. The van der Waals surface area contributed by atoms with E-state index in [1.807, 2.05) is 4.90 Å². The second-order valence-electron chi connectivity index (χ2n) is 5.30. The lowest BCUT2D eigenvalue weighted by molar-refractivity contribution is -0.121. The molecule has 1 fully saturated rings. The Bertz CT molecular complexity index is 517. The number of carbonyl (C=O) groups excluding carboxylic acids is 1. The molecule has 0 spiro atoms. The van der Waals surface area contributed by atoms with Gasteiger partial charge in [0.1, 0.15) is 11.9 Å². The van der Waals surface area contributed by atoms with Crippen molar-refractivity contribution in [2.75, 3.05) is 18.5 Å². The molecule has 1 saturated heterocycles. The number of aliphatic hydroxyl groups excluding tert-OH is 1. The average Bonchev–Trinajstić information content (AvgIpc) is 2.89. The van der Waals surface area contributed by atoms with Crippen molar-refractivity contribution in [1.82, 2.24) is 5.32 Å². The molecule has 1 aliphatic rings. The summed E-state index contributed by atoms with van der Waals surface area (Å²) in [6, 6.07) is 2.84. The van der Waals surface area contributed by atoms with Crippen LogP contribution in [0.2, 0.25) is 0 Å². The minimum absolute atomic E-state index is 0.0407. The van der Waals surface area contributed by atoms with E-state index in [0.717, 1.165) is 25.1 Å². The smallest absolute Gasteiger partial charge is 0.242 e. The first kappa shape index (κ1) is 14.8. The van der Waals surface area contributed by atoms with Gasteiger partial charge >= 0.3 is 0 Å². The minimum atomic E-state index is -0.772. The van der Waals surface area contributed by atoms with Gasteiger partial charge in [-0.05, 0) is 44.4 Å². The molecule has 2 rings (SSSR count). The van der Waals surface area contributed by atoms with Crippen LogP contribution in [-0.2, 0) is 4.79 Å². The van der Waals surface area contributed by atoms with Gasteiger partial charge in [-0.15, -0.1) is 0 Å². The van der Waals surface area contributed by atoms with Crippen LogP contribution in [0.4, 0.5) is 10.1 Å². The van der Waals surface area contributed by atoms with Crippen molar-refractivity contribution in [2.24, 2.45) is 0 Å². The van der Waals surface area contributed by atoms with Crippen LogP contribution in [-0.4, -0.2) is 30.6 Å². The number of halogens is 1. The molecular weight excluding hydrogens is 259 g/mol. The molecule has 5 heteroatoms. The van der Waals surface area contributed by atoms with Crippen LogP contribution in [0.5, 0.6) is 0 Å². The summed E-state index contributed by atoms with van der Waals surface area (Å²) < 4.78 is 13.7. The third-order valence-electron chi connectivity index (χ3n) is 3.87. The van der Waals surface area contributed by atoms with Gasteiger partial charge in [0.15, 0.2) is 0 Å². The monoisotopic (exact) mass is 280 g/mol. The van der Waals surface area contributed by atoms with Crippen LogP contribution in [0.3, 0.4) is 0 Å². The molecule has 0 saturated carbocycles. The highest BCUT2D eigenvalue weighted by molar-refractivity contribution is 5.86. The van der Waals surface area contributed by atoms with E-state index in [1.54, 1.807) is 27.0 Å². The van der Waals surface area contributed by atoms with Crippen molar-refractivity contribution in [3.63, 3.8) is 0 Å². The van der Waals surface area contributed by atoms with Gasteiger partial charge in [-0.1, -0.05) is 0 Å². The third kappa shape index (κ3) is 2.63. The molecular formula is C15H21FN2O2. The number of hydrogen-bond acceptors (Lipinski definition) is 3. The van der Waals surface area contributed by atoms with Crippen molar-refractivity contribution in [1.29, 1.82) is 0 Å². The largest absolute Gasteiger partial charge is 0.389 e. The highest BCUT2D eigenvalue weighted by Gasteiger charge is 2.32. The van der Waals surface area contributed by atoms with Gasteiger partial charge in [-0.25, -0.2) is 4.39 Å². The standard InChI is InChI=1S/C15H21FN2O2/c1-9-7-14(11(10(2)19)8-12(9)16)18-6-4-5-13(18)15(20)17-3/h7-8,10,13,19H,4-6H2,1-3H3,(H,17,20)/t10-,13?/m0/s1. The van der Waals surface area contributed by atoms with Crippen LogP contribution in [0, 0.1) is 12.7 Å². The summed E-state index contributed by atoms with van der Waals surface area (Å²) in [6.45, 7) is 4.04. The maximum absolute atomic E-state index is 13.7. The molecule has 2 atom stereocenters. The van der Waals surface area contributed by atoms with Crippen LogP contribution in [0.25, 0.3) is 0 Å². The Labute approximate surface area is 118 Å². The van der Waals surface area contributed by atoms with E-state index in [4.69, 9.17) is 0 Å². The Morgan fingerprint density at radius 1 is 1.55 bits per heavy atom. The van der Waals surface area contributed by atoms with Gasteiger partial charge in [0.05, 0.1) is 6.10 Å². The average molecular weight is 280 g/mol. The summed E-state index contributed by atoms with van der Waals surface area (Å²) in [7, 11) is 1.62. The molecule has 0 bridgehead atoms. The fourth-order valence-corrected chi connectivity index (χ4v) is 2.76. The molecule has 1 aliphatic heterocycles. The molecule has 1 unspecified atom stereocenters. The van der Waals surface area contributed by atoms with Gasteiger partial charge in [0.2, 0.25) is 5.91 Å². The molecule has 110 valence electrons. The summed E-state index contributed by atoms with van der Waals surface area (Å²) >= 11 is 0. The SMILES string of the molecule is CNC(=O)C1CCCN1c1cc(C)c(F)cc1[C@H](C)O. The fourth-order valence-electron chi connectivity index (χ4n) is 2.76. The topological polar surface area (TPSA) is 52.6 Å². The van der Waals surface area contributed by atoms with Gasteiger partial charge in [0.25, 0.3) is 0 Å². The zero-order valence-electron chi connectivity index (χ0n) is 12.1. The highest BCUT2D eigenvalue weighted by atomic mass is 19.1. The Morgan fingerprint density at radius 2 is 2.25 bits per heavy atom. The van der Waals surface area contributed by atoms with E-state index in [2.05, 4.69) is 5.32 Å². The number of nitrogens with one attached hydrogen (secondary N) is 1.